The van der Waals surface area contributed by atoms with Gasteiger partial charge in [0.25, 0.3) is 0 Å². The van der Waals surface area contributed by atoms with Gasteiger partial charge in [0.2, 0.25) is 0 Å². The highest BCUT2D eigenvalue weighted by Crippen LogP contribution is 2.33. The molecule has 0 aliphatic heterocycles. The van der Waals surface area contributed by atoms with E-state index in [-0.39, 0.29) is 11.9 Å². The lowest BCUT2D eigenvalue weighted by atomic mass is 10.1. The van der Waals surface area contributed by atoms with E-state index in [1.165, 1.54) is 10.9 Å². The SMILES string of the molecule is CCCNC(c1cc2cc(F)ccc2s1)c1ccnn1C. The van der Waals surface area contributed by atoms with E-state index in [2.05, 4.69) is 23.4 Å². The van der Waals surface area contributed by atoms with Gasteiger partial charge in [-0.1, -0.05) is 6.92 Å². The number of hydrogen-bond donors (Lipinski definition) is 1. The van der Waals surface area contributed by atoms with E-state index in [1.807, 2.05) is 30.1 Å². The first-order chi connectivity index (χ1) is 10.2. The van der Waals surface area contributed by atoms with Gasteiger partial charge in [0.15, 0.2) is 0 Å². The number of nitrogens with one attached hydrogen (secondary N) is 1. The monoisotopic (exact) mass is 303 g/mol. The third kappa shape index (κ3) is 2.84. The Hall–Kier alpha value is -1.72. The van der Waals surface area contributed by atoms with Crippen molar-refractivity contribution in [3.05, 3.63) is 52.9 Å². The molecule has 1 atom stereocenters. The Morgan fingerprint density at radius 3 is 2.90 bits per heavy atom. The van der Waals surface area contributed by atoms with Gasteiger partial charge >= 0.3 is 0 Å². The first kappa shape index (κ1) is 14.2. The van der Waals surface area contributed by atoms with E-state index in [1.54, 1.807) is 17.4 Å². The molecule has 0 bridgehead atoms. The van der Waals surface area contributed by atoms with Crippen molar-refractivity contribution in [3.8, 4) is 0 Å². The molecule has 0 saturated carbocycles. The number of aromatic nitrogens is 2. The fourth-order valence-electron chi connectivity index (χ4n) is 2.48. The molecule has 0 saturated heterocycles. The van der Waals surface area contributed by atoms with Gasteiger partial charge in [0, 0.05) is 22.8 Å². The van der Waals surface area contributed by atoms with Crippen LogP contribution >= 0.6 is 11.3 Å². The van der Waals surface area contributed by atoms with Crippen molar-refractivity contribution in [1.82, 2.24) is 15.1 Å². The summed E-state index contributed by atoms with van der Waals surface area (Å²) in [5, 5.41) is 8.78. The van der Waals surface area contributed by atoms with Crippen LogP contribution in [0.25, 0.3) is 10.1 Å². The minimum absolute atomic E-state index is 0.0953. The molecule has 2 aromatic heterocycles. The van der Waals surface area contributed by atoms with Crippen molar-refractivity contribution in [2.45, 2.75) is 19.4 Å². The summed E-state index contributed by atoms with van der Waals surface area (Å²) in [4.78, 5) is 1.19. The molecule has 1 aromatic carbocycles. The van der Waals surface area contributed by atoms with Crippen molar-refractivity contribution in [2.75, 3.05) is 6.54 Å². The Kier molecular flexibility index (Phi) is 4.03. The van der Waals surface area contributed by atoms with Crippen LogP contribution in [0.15, 0.2) is 36.5 Å². The van der Waals surface area contributed by atoms with Crippen LogP contribution in [0.2, 0.25) is 0 Å². The second-order valence-electron chi connectivity index (χ2n) is 5.10. The van der Waals surface area contributed by atoms with Gasteiger partial charge in [0.05, 0.1) is 11.7 Å². The fraction of sp³-hybridized carbons (Fsp3) is 0.312. The van der Waals surface area contributed by atoms with Crippen molar-refractivity contribution in [1.29, 1.82) is 0 Å². The molecule has 3 aromatic rings. The van der Waals surface area contributed by atoms with Gasteiger partial charge in [-0.2, -0.15) is 5.10 Å². The van der Waals surface area contributed by atoms with Gasteiger partial charge in [-0.25, -0.2) is 4.39 Å². The zero-order valence-electron chi connectivity index (χ0n) is 12.1. The van der Waals surface area contributed by atoms with Crippen LogP contribution in [0.5, 0.6) is 0 Å². The van der Waals surface area contributed by atoms with Crippen LogP contribution in [-0.2, 0) is 7.05 Å². The van der Waals surface area contributed by atoms with E-state index >= 15 is 0 Å². The molecule has 3 nitrogen and oxygen atoms in total. The molecule has 1 N–H and O–H groups in total. The molecule has 0 spiro atoms. The molecule has 0 radical (unpaired) electrons. The summed E-state index contributed by atoms with van der Waals surface area (Å²) in [5.41, 5.74) is 1.12. The summed E-state index contributed by atoms with van der Waals surface area (Å²) < 4.78 is 16.4. The summed E-state index contributed by atoms with van der Waals surface area (Å²) in [7, 11) is 1.95. The number of rotatable bonds is 5. The van der Waals surface area contributed by atoms with E-state index in [0.717, 1.165) is 28.7 Å². The summed E-state index contributed by atoms with van der Waals surface area (Å²) in [6.45, 7) is 3.08. The molecule has 110 valence electrons. The minimum Gasteiger partial charge on any atom is -0.304 e. The highest BCUT2D eigenvalue weighted by atomic mass is 32.1. The maximum Gasteiger partial charge on any atom is 0.123 e. The summed E-state index contributed by atoms with van der Waals surface area (Å²) in [6, 6.07) is 9.15. The average Bonchev–Trinajstić information content (AvgIpc) is 3.06. The molecule has 0 aliphatic rings. The van der Waals surface area contributed by atoms with Crippen molar-refractivity contribution >= 4 is 21.4 Å². The Labute approximate surface area is 127 Å². The maximum atomic E-state index is 13.4. The highest BCUT2D eigenvalue weighted by molar-refractivity contribution is 7.19. The maximum absolute atomic E-state index is 13.4. The normalized spacial score (nSPS) is 12.9. The Bertz CT molecular complexity index is 747. The summed E-state index contributed by atoms with van der Waals surface area (Å²) in [5.74, 6) is -0.189. The Morgan fingerprint density at radius 2 is 2.19 bits per heavy atom. The molecule has 2 heterocycles. The van der Waals surface area contributed by atoms with Gasteiger partial charge < -0.3 is 5.32 Å². The minimum atomic E-state index is -0.189. The van der Waals surface area contributed by atoms with Crippen molar-refractivity contribution in [3.63, 3.8) is 0 Å². The zero-order valence-corrected chi connectivity index (χ0v) is 13.0. The van der Waals surface area contributed by atoms with Gasteiger partial charge in [-0.15, -0.1) is 11.3 Å². The molecule has 3 rings (SSSR count). The first-order valence-electron chi connectivity index (χ1n) is 7.09. The predicted octanol–water partition coefficient (Wildman–Crippen LogP) is 3.86. The number of fused-ring (bicyclic) bond motifs is 1. The number of benzene rings is 1. The Morgan fingerprint density at radius 1 is 1.33 bits per heavy atom. The van der Waals surface area contributed by atoms with Crippen LogP contribution in [0, 0.1) is 5.82 Å². The predicted molar refractivity (Wildman–Crippen MR) is 85.1 cm³/mol. The van der Waals surface area contributed by atoms with E-state index in [9.17, 15) is 4.39 Å². The second kappa shape index (κ2) is 5.95. The quantitative estimate of drug-likeness (QED) is 0.775. The molecule has 0 amide bonds. The molecular weight excluding hydrogens is 285 g/mol. The molecule has 1 unspecified atom stereocenters. The van der Waals surface area contributed by atoms with Gasteiger partial charge in [-0.05, 0) is 48.7 Å². The highest BCUT2D eigenvalue weighted by Gasteiger charge is 2.19. The third-order valence-corrected chi connectivity index (χ3v) is 4.72. The fourth-order valence-corrected chi connectivity index (χ4v) is 3.62. The molecule has 0 fully saturated rings. The summed E-state index contributed by atoms with van der Waals surface area (Å²) in [6.07, 6.45) is 2.87. The number of nitrogens with zero attached hydrogens (tertiary/aromatic N) is 2. The van der Waals surface area contributed by atoms with Gasteiger partial charge in [-0.3, -0.25) is 4.68 Å². The number of thiophene rings is 1. The first-order valence-corrected chi connectivity index (χ1v) is 7.91. The van der Waals surface area contributed by atoms with E-state index < -0.39 is 0 Å². The van der Waals surface area contributed by atoms with Gasteiger partial charge in [0.1, 0.15) is 5.82 Å². The standard InChI is InChI=1S/C16H18FN3S/c1-3-7-18-16(13-6-8-19-20(13)2)15-10-11-9-12(17)4-5-14(11)21-15/h4-6,8-10,16,18H,3,7H2,1-2H3. The lowest BCUT2D eigenvalue weighted by Gasteiger charge is -2.17. The zero-order chi connectivity index (χ0) is 14.8. The topological polar surface area (TPSA) is 29.9 Å². The average molecular weight is 303 g/mol. The van der Waals surface area contributed by atoms with Crippen LogP contribution in [0.1, 0.15) is 30.0 Å². The largest absolute Gasteiger partial charge is 0.304 e. The van der Waals surface area contributed by atoms with Crippen molar-refractivity contribution in [2.24, 2.45) is 7.05 Å². The number of hydrogen-bond acceptors (Lipinski definition) is 3. The van der Waals surface area contributed by atoms with Crippen LogP contribution < -0.4 is 5.32 Å². The molecular formula is C16H18FN3S. The van der Waals surface area contributed by atoms with E-state index in [4.69, 9.17) is 0 Å². The molecule has 5 heteroatoms. The molecule has 21 heavy (non-hydrogen) atoms. The molecule has 0 aliphatic carbocycles. The smallest absolute Gasteiger partial charge is 0.123 e. The van der Waals surface area contributed by atoms with Crippen LogP contribution in [0.3, 0.4) is 0 Å². The van der Waals surface area contributed by atoms with E-state index in [0.29, 0.717) is 0 Å². The summed E-state index contributed by atoms with van der Waals surface area (Å²) >= 11 is 1.70. The van der Waals surface area contributed by atoms with Crippen LogP contribution in [0.4, 0.5) is 4.39 Å². The lowest BCUT2D eigenvalue weighted by molar-refractivity contribution is 0.560. The lowest BCUT2D eigenvalue weighted by Crippen LogP contribution is -2.24. The van der Waals surface area contributed by atoms with Crippen molar-refractivity contribution < 1.29 is 4.39 Å². The second-order valence-corrected chi connectivity index (χ2v) is 6.21. The number of aryl methyl sites for hydroxylation is 1. The van der Waals surface area contributed by atoms with Crippen LogP contribution in [-0.4, -0.2) is 16.3 Å². The third-order valence-electron chi connectivity index (χ3n) is 3.53. The Balaban J connectivity index is 2.03. The number of halogens is 1.